The number of likely N-dealkylation sites (tertiary alicyclic amines) is 1. The van der Waals surface area contributed by atoms with Gasteiger partial charge < -0.3 is 15.2 Å². The molecule has 1 aliphatic heterocycles. The van der Waals surface area contributed by atoms with Gasteiger partial charge in [0.15, 0.2) is 0 Å². The number of benzene rings is 1. The van der Waals surface area contributed by atoms with Crippen LogP contribution in [0, 0.1) is 11.8 Å². The first-order valence-corrected chi connectivity index (χ1v) is 9.64. The third-order valence-corrected chi connectivity index (χ3v) is 5.83. The largest absolute Gasteiger partial charge is 0.497 e. The minimum atomic E-state index is -1.04. The van der Waals surface area contributed by atoms with Gasteiger partial charge in [0.1, 0.15) is 11.3 Å². The van der Waals surface area contributed by atoms with Crippen molar-refractivity contribution in [1.29, 1.82) is 0 Å². The van der Waals surface area contributed by atoms with Gasteiger partial charge in [-0.2, -0.15) is 0 Å². The molecule has 6 nitrogen and oxygen atoms in total. The summed E-state index contributed by atoms with van der Waals surface area (Å²) in [7, 11) is 3.42. The van der Waals surface area contributed by atoms with Gasteiger partial charge in [0.25, 0.3) is 0 Å². The molecule has 150 valence electrons. The van der Waals surface area contributed by atoms with E-state index in [-0.39, 0.29) is 11.9 Å². The van der Waals surface area contributed by atoms with Crippen LogP contribution in [0.2, 0.25) is 0 Å². The van der Waals surface area contributed by atoms with Crippen molar-refractivity contribution in [1.82, 2.24) is 10.2 Å². The predicted molar refractivity (Wildman–Crippen MR) is 105 cm³/mol. The fourth-order valence-corrected chi connectivity index (χ4v) is 4.05. The molecular weight excluding hydrogens is 344 g/mol. The van der Waals surface area contributed by atoms with Crippen molar-refractivity contribution in [2.45, 2.75) is 51.6 Å². The van der Waals surface area contributed by atoms with Gasteiger partial charge in [-0.15, -0.1) is 0 Å². The van der Waals surface area contributed by atoms with Crippen molar-refractivity contribution in [2.75, 3.05) is 20.7 Å². The second-order valence-corrected chi connectivity index (χ2v) is 7.80. The first kappa shape index (κ1) is 21.2. The Bertz CT molecular complexity index is 659. The van der Waals surface area contributed by atoms with Crippen LogP contribution in [0.1, 0.15) is 51.6 Å². The van der Waals surface area contributed by atoms with E-state index in [4.69, 9.17) is 4.74 Å². The maximum atomic E-state index is 13.0. The predicted octanol–water partition coefficient (Wildman–Crippen LogP) is 3.08. The lowest BCUT2D eigenvalue weighted by Gasteiger charge is -2.34. The van der Waals surface area contributed by atoms with Crippen LogP contribution in [0.15, 0.2) is 24.3 Å². The van der Waals surface area contributed by atoms with Gasteiger partial charge in [0, 0.05) is 12.6 Å². The van der Waals surface area contributed by atoms with E-state index >= 15 is 0 Å². The number of hydrogen-bond donors (Lipinski definition) is 2. The topological polar surface area (TPSA) is 78.9 Å². The summed E-state index contributed by atoms with van der Waals surface area (Å²) >= 11 is 0. The highest BCUT2D eigenvalue weighted by atomic mass is 16.5. The zero-order valence-electron chi connectivity index (χ0n) is 17.0. The quantitative estimate of drug-likeness (QED) is 0.729. The Hall–Kier alpha value is -2.08. The number of amides is 1. The van der Waals surface area contributed by atoms with E-state index < -0.39 is 17.4 Å². The maximum absolute atomic E-state index is 13.0. The Balaban J connectivity index is 2.34. The average molecular weight is 376 g/mol. The summed E-state index contributed by atoms with van der Waals surface area (Å²) < 4.78 is 5.22. The number of ether oxygens (including phenoxy) is 1. The van der Waals surface area contributed by atoms with Gasteiger partial charge in [-0.3, -0.25) is 14.5 Å². The van der Waals surface area contributed by atoms with Crippen LogP contribution < -0.4 is 10.1 Å². The number of carbonyl (C=O) groups excluding carboxylic acids is 1. The second kappa shape index (κ2) is 8.74. The maximum Gasteiger partial charge on any atom is 0.324 e. The molecule has 1 aromatic carbocycles. The van der Waals surface area contributed by atoms with Gasteiger partial charge in [-0.1, -0.05) is 32.9 Å². The highest BCUT2D eigenvalue weighted by Gasteiger charge is 2.56. The molecule has 1 heterocycles. The SMILES string of the molecule is CC[C@@]1(C(=O)O)C[C@H](C(=O)NCCC(C)C)[C@H](c2ccc(OC)cc2)N1C. The smallest absolute Gasteiger partial charge is 0.324 e. The lowest BCUT2D eigenvalue weighted by atomic mass is 9.87. The van der Waals surface area contributed by atoms with Gasteiger partial charge in [-0.05, 0) is 49.9 Å². The highest BCUT2D eigenvalue weighted by Crippen LogP contribution is 2.47. The van der Waals surface area contributed by atoms with E-state index in [0.717, 1.165) is 17.7 Å². The van der Waals surface area contributed by atoms with E-state index in [1.807, 2.05) is 43.1 Å². The molecule has 1 saturated heterocycles. The number of aliphatic carboxylic acids is 1. The summed E-state index contributed by atoms with van der Waals surface area (Å²) in [4.78, 5) is 26.9. The number of hydrogen-bond acceptors (Lipinski definition) is 4. The van der Waals surface area contributed by atoms with Crippen LogP contribution in [-0.2, 0) is 9.59 Å². The monoisotopic (exact) mass is 376 g/mol. The van der Waals surface area contributed by atoms with Gasteiger partial charge in [0.2, 0.25) is 5.91 Å². The average Bonchev–Trinajstić information content (AvgIpc) is 2.95. The number of nitrogens with zero attached hydrogens (tertiary/aromatic N) is 1. The van der Waals surface area contributed by atoms with Crippen molar-refractivity contribution < 1.29 is 19.4 Å². The molecule has 0 unspecified atom stereocenters. The number of likely N-dealkylation sites (N-methyl/N-ethyl adjacent to an activating group) is 1. The molecule has 0 aromatic heterocycles. The molecule has 6 heteroatoms. The van der Waals surface area contributed by atoms with Crippen molar-refractivity contribution in [3.63, 3.8) is 0 Å². The van der Waals surface area contributed by atoms with Gasteiger partial charge >= 0.3 is 5.97 Å². The fourth-order valence-electron chi connectivity index (χ4n) is 4.05. The van der Waals surface area contributed by atoms with Crippen LogP contribution >= 0.6 is 0 Å². The number of nitrogens with one attached hydrogen (secondary N) is 1. The fraction of sp³-hybridized carbons (Fsp3) is 0.619. The molecule has 0 bridgehead atoms. The number of carbonyl (C=O) groups is 2. The molecule has 0 radical (unpaired) electrons. The molecule has 0 spiro atoms. The Kier molecular flexibility index (Phi) is 6.87. The van der Waals surface area contributed by atoms with Crippen LogP contribution in [-0.4, -0.2) is 48.1 Å². The van der Waals surface area contributed by atoms with Crippen LogP contribution in [0.4, 0.5) is 0 Å². The molecule has 1 amide bonds. The number of carboxylic acids is 1. The Labute approximate surface area is 161 Å². The molecule has 1 fully saturated rings. The van der Waals surface area contributed by atoms with Crippen molar-refractivity contribution >= 4 is 11.9 Å². The van der Waals surface area contributed by atoms with E-state index in [1.165, 1.54) is 0 Å². The Morgan fingerprint density at radius 3 is 2.44 bits per heavy atom. The zero-order valence-corrected chi connectivity index (χ0v) is 17.0. The lowest BCUT2D eigenvalue weighted by molar-refractivity contribution is -0.150. The molecule has 2 rings (SSSR count). The Morgan fingerprint density at radius 2 is 1.96 bits per heavy atom. The normalized spacial score (nSPS) is 25.6. The molecule has 2 N–H and O–H groups in total. The van der Waals surface area contributed by atoms with Crippen LogP contribution in [0.5, 0.6) is 5.75 Å². The molecule has 1 aromatic rings. The van der Waals surface area contributed by atoms with Gasteiger partial charge in [0.05, 0.1) is 13.0 Å². The van der Waals surface area contributed by atoms with E-state index in [9.17, 15) is 14.7 Å². The van der Waals surface area contributed by atoms with Crippen LogP contribution in [0.25, 0.3) is 0 Å². The Morgan fingerprint density at radius 1 is 1.33 bits per heavy atom. The molecule has 1 aliphatic rings. The number of carboxylic acid groups (broad SMARTS) is 1. The van der Waals surface area contributed by atoms with E-state index in [2.05, 4.69) is 19.2 Å². The summed E-state index contributed by atoms with van der Waals surface area (Å²) in [5, 5.41) is 13.0. The standard InChI is InChI=1S/C21H32N2O4/c1-6-21(20(25)26)13-17(19(24)22-12-11-14(2)3)18(23(21)4)15-7-9-16(27-5)10-8-15/h7-10,14,17-18H,6,11-13H2,1-5H3,(H,22,24)(H,25,26)/t17-,18-,21-/m0/s1. The summed E-state index contributed by atoms with van der Waals surface area (Å²) in [6.07, 6.45) is 1.65. The first-order chi connectivity index (χ1) is 12.8. The first-order valence-electron chi connectivity index (χ1n) is 9.64. The third-order valence-electron chi connectivity index (χ3n) is 5.83. The minimum Gasteiger partial charge on any atom is -0.497 e. The third kappa shape index (κ3) is 4.26. The summed E-state index contributed by atoms with van der Waals surface area (Å²) in [5.74, 6) is -0.116. The van der Waals surface area contributed by atoms with Gasteiger partial charge in [-0.25, -0.2) is 0 Å². The number of methoxy groups -OCH3 is 1. The molecule has 0 saturated carbocycles. The molecule has 0 aliphatic carbocycles. The summed E-state index contributed by atoms with van der Waals surface area (Å²) in [6, 6.07) is 7.25. The van der Waals surface area contributed by atoms with Crippen molar-refractivity contribution in [3.05, 3.63) is 29.8 Å². The van der Waals surface area contributed by atoms with Crippen LogP contribution in [0.3, 0.4) is 0 Å². The minimum absolute atomic E-state index is 0.0695. The molecular formula is C21H32N2O4. The second-order valence-electron chi connectivity index (χ2n) is 7.80. The van der Waals surface area contributed by atoms with Crippen molar-refractivity contribution in [2.24, 2.45) is 11.8 Å². The van der Waals surface area contributed by atoms with E-state index in [0.29, 0.717) is 25.3 Å². The zero-order chi connectivity index (χ0) is 20.2. The summed E-state index contributed by atoms with van der Waals surface area (Å²) in [5.41, 5.74) is -0.108. The molecule has 3 atom stereocenters. The highest BCUT2D eigenvalue weighted by molar-refractivity contribution is 5.85. The lowest BCUT2D eigenvalue weighted by Crippen LogP contribution is -2.48. The molecule has 27 heavy (non-hydrogen) atoms. The number of rotatable bonds is 8. The van der Waals surface area contributed by atoms with Crippen molar-refractivity contribution in [3.8, 4) is 5.75 Å². The van der Waals surface area contributed by atoms with E-state index in [1.54, 1.807) is 7.11 Å². The summed E-state index contributed by atoms with van der Waals surface area (Å²) in [6.45, 7) is 6.71.